The van der Waals surface area contributed by atoms with Gasteiger partial charge in [0.1, 0.15) is 0 Å². The lowest BCUT2D eigenvalue weighted by Gasteiger charge is -2.47. The minimum Gasteiger partial charge on any atom is -0.371 e. The van der Waals surface area contributed by atoms with Crippen LogP contribution in [0.1, 0.15) is 36.3 Å². The number of ether oxygens (including phenoxy) is 1. The number of carbonyl (C=O) groups excluding carboxylic acids is 2. The zero-order valence-electron chi connectivity index (χ0n) is 15.2. The average Bonchev–Trinajstić information content (AvgIpc) is 3.36. The van der Waals surface area contributed by atoms with Crippen molar-refractivity contribution in [3.8, 4) is 0 Å². The summed E-state index contributed by atoms with van der Waals surface area (Å²) in [6, 6.07) is 0. The van der Waals surface area contributed by atoms with Gasteiger partial charge >= 0.3 is 0 Å². The van der Waals surface area contributed by atoms with E-state index in [0.29, 0.717) is 45.2 Å². The molecule has 0 aromatic carbocycles. The summed E-state index contributed by atoms with van der Waals surface area (Å²) in [6.45, 7) is 5.71. The molecule has 4 heterocycles. The van der Waals surface area contributed by atoms with Gasteiger partial charge in [-0.2, -0.15) is 0 Å². The first-order chi connectivity index (χ1) is 12.7. The number of aromatic nitrogens is 2. The number of likely N-dealkylation sites (tertiary alicyclic amines) is 2. The lowest BCUT2D eigenvalue weighted by atomic mass is 9.89. The SMILES string of the molecule is O=C(CN1CCCC1)N1CCC2(CC1)CN(C(=O)c1ncc[nH]1)CCO2. The number of amides is 2. The van der Waals surface area contributed by atoms with Crippen molar-refractivity contribution < 1.29 is 14.3 Å². The molecule has 3 aliphatic heterocycles. The molecule has 8 heteroatoms. The van der Waals surface area contributed by atoms with Crippen LogP contribution in [-0.2, 0) is 9.53 Å². The summed E-state index contributed by atoms with van der Waals surface area (Å²) in [4.78, 5) is 38.0. The van der Waals surface area contributed by atoms with Gasteiger partial charge in [-0.15, -0.1) is 0 Å². The Kier molecular flexibility index (Phi) is 4.95. The number of piperidine rings is 1. The van der Waals surface area contributed by atoms with Gasteiger partial charge in [0.2, 0.25) is 5.91 Å². The first-order valence-corrected chi connectivity index (χ1v) is 9.58. The van der Waals surface area contributed by atoms with Crippen molar-refractivity contribution in [1.29, 1.82) is 0 Å². The van der Waals surface area contributed by atoms with Crippen LogP contribution in [0.15, 0.2) is 12.4 Å². The molecule has 3 aliphatic rings. The summed E-state index contributed by atoms with van der Waals surface area (Å²) >= 11 is 0. The molecule has 0 radical (unpaired) electrons. The predicted octanol–water partition coefficient (Wildman–Crippen LogP) is 0.339. The predicted molar refractivity (Wildman–Crippen MR) is 94.7 cm³/mol. The second-order valence-corrected chi connectivity index (χ2v) is 7.56. The monoisotopic (exact) mass is 361 g/mol. The van der Waals surface area contributed by atoms with E-state index in [1.54, 1.807) is 12.4 Å². The van der Waals surface area contributed by atoms with Crippen molar-refractivity contribution >= 4 is 11.8 Å². The van der Waals surface area contributed by atoms with Gasteiger partial charge in [-0.25, -0.2) is 4.98 Å². The first kappa shape index (κ1) is 17.5. The summed E-state index contributed by atoms with van der Waals surface area (Å²) in [5, 5.41) is 0. The highest BCUT2D eigenvalue weighted by Crippen LogP contribution is 2.30. The molecule has 3 fully saturated rings. The summed E-state index contributed by atoms with van der Waals surface area (Å²) in [5.74, 6) is 0.520. The van der Waals surface area contributed by atoms with Crippen LogP contribution in [0.5, 0.6) is 0 Å². The van der Waals surface area contributed by atoms with E-state index in [0.717, 1.165) is 25.9 Å². The van der Waals surface area contributed by atoms with Crippen LogP contribution in [0.4, 0.5) is 0 Å². The van der Waals surface area contributed by atoms with E-state index in [4.69, 9.17) is 4.74 Å². The molecule has 0 saturated carbocycles. The van der Waals surface area contributed by atoms with E-state index in [2.05, 4.69) is 14.9 Å². The van der Waals surface area contributed by atoms with E-state index < -0.39 is 0 Å². The maximum Gasteiger partial charge on any atom is 0.289 e. The van der Waals surface area contributed by atoms with Gasteiger partial charge < -0.3 is 19.5 Å². The highest BCUT2D eigenvalue weighted by atomic mass is 16.5. The van der Waals surface area contributed by atoms with Gasteiger partial charge in [-0.05, 0) is 38.8 Å². The quantitative estimate of drug-likeness (QED) is 0.840. The zero-order valence-corrected chi connectivity index (χ0v) is 15.2. The lowest BCUT2D eigenvalue weighted by molar-refractivity contribution is -0.147. The van der Waals surface area contributed by atoms with Crippen LogP contribution in [0.2, 0.25) is 0 Å². The number of morpholine rings is 1. The molecule has 142 valence electrons. The molecule has 1 spiro atoms. The first-order valence-electron chi connectivity index (χ1n) is 9.58. The van der Waals surface area contributed by atoms with E-state index in [1.807, 2.05) is 9.80 Å². The van der Waals surface area contributed by atoms with Crippen LogP contribution < -0.4 is 0 Å². The normalized spacial score (nSPS) is 23.5. The van der Waals surface area contributed by atoms with Crippen LogP contribution >= 0.6 is 0 Å². The minimum atomic E-state index is -0.328. The van der Waals surface area contributed by atoms with Crippen molar-refractivity contribution in [2.45, 2.75) is 31.3 Å². The van der Waals surface area contributed by atoms with Crippen LogP contribution in [0.3, 0.4) is 0 Å². The third kappa shape index (κ3) is 3.61. The Hall–Kier alpha value is -1.93. The Balaban J connectivity index is 1.32. The molecule has 0 atom stereocenters. The second-order valence-electron chi connectivity index (χ2n) is 7.56. The number of hydrogen-bond donors (Lipinski definition) is 1. The lowest BCUT2D eigenvalue weighted by Crippen LogP contribution is -2.59. The Bertz CT molecular complexity index is 633. The molecule has 0 bridgehead atoms. The molecular formula is C18H27N5O3. The topological polar surface area (TPSA) is 81.8 Å². The van der Waals surface area contributed by atoms with Gasteiger partial charge in [0.15, 0.2) is 5.82 Å². The highest BCUT2D eigenvalue weighted by Gasteiger charge is 2.42. The van der Waals surface area contributed by atoms with Crippen LogP contribution in [-0.4, -0.2) is 94.5 Å². The van der Waals surface area contributed by atoms with Gasteiger partial charge in [0, 0.05) is 32.0 Å². The molecule has 8 nitrogen and oxygen atoms in total. The molecule has 0 unspecified atom stereocenters. The largest absolute Gasteiger partial charge is 0.371 e. The molecule has 1 aromatic rings. The Labute approximate surface area is 153 Å². The molecule has 0 aliphatic carbocycles. The molecule has 26 heavy (non-hydrogen) atoms. The summed E-state index contributed by atoms with van der Waals surface area (Å²) in [7, 11) is 0. The number of H-pyrrole nitrogens is 1. The number of hydrogen-bond acceptors (Lipinski definition) is 5. The van der Waals surface area contributed by atoms with Gasteiger partial charge in [-0.3, -0.25) is 14.5 Å². The van der Waals surface area contributed by atoms with Crippen molar-refractivity contribution in [2.75, 3.05) is 52.4 Å². The molecule has 4 rings (SSSR count). The van der Waals surface area contributed by atoms with Crippen molar-refractivity contribution in [1.82, 2.24) is 24.7 Å². The number of imidazole rings is 1. The third-order valence-electron chi connectivity index (χ3n) is 5.82. The third-order valence-corrected chi connectivity index (χ3v) is 5.82. The van der Waals surface area contributed by atoms with E-state index in [-0.39, 0.29) is 17.4 Å². The van der Waals surface area contributed by atoms with E-state index >= 15 is 0 Å². The smallest absolute Gasteiger partial charge is 0.289 e. The Morgan fingerprint density at radius 3 is 2.58 bits per heavy atom. The molecular weight excluding hydrogens is 334 g/mol. The minimum absolute atomic E-state index is 0.0785. The van der Waals surface area contributed by atoms with Gasteiger partial charge in [-0.1, -0.05) is 0 Å². The summed E-state index contributed by atoms with van der Waals surface area (Å²) in [5.41, 5.74) is -0.328. The maximum absolute atomic E-state index is 12.6. The van der Waals surface area contributed by atoms with Crippen molar-refractivity contribution in [3.05, 3.63) is 18.2 Å². The number of carbonyl (C=O) groups is 2. The number of aromatic amines is 1. The number of rotatable bonds is 3. The molecule has 1 N–H and O–H groups in total. The van der Waals surface area contributed by atoms with E-state index in [9.17, 15) is 9.59 Å². The second kappa shape index (κ2) is 7.36. The highest BCUT2D eigenvalue weighted by molar-refractivity contribution is 5.90. The number of nitrogens with one attached hydrogen (secondary N) is 1. The fourth-order valence-electron chi connectivity index (χ4n) is 4.25. The van der Waals surface area contributed by atoms with Crippen LogP contribution in [0, 0.1) is 0 Å². The fourth-order valence-corrected chi connectivity index (χ4v) is 4.25. The average molecular weight is 361 g/mol. The summed E-state index contributed by atoms with van der Waals surface area (Å²) in [6.07, 6.45) is 7.21. The molecule has 2 amide bonds. The fraction of sp³-hybridized carbons (Fsp3) is 0.722. The van der Waals surface area contributed by atoms with Crippen molar-refractivity contribution in [3.63, 3.8) is 0 Å². The zero-order chi connectivity index (χ0) is 18.0. The van der Waals surface area contributed by atoms with Gasteiger partial charge in [0.05, 0.1) is 25.3 Å². The number of nitrogens with zero attached hydrogens (tertiary/aromatic N) is 4. The Morgan fingerprint density at radius 1 is 1.12 bits per heavy atom. The summed E-state index contributed by atoms with van der Waals surface area (Å²) < 4.78 is 6.09. The Morgan fingerprint density at radius 2 is 1.88 bits per heavy atom. The van der Waals surface area contributed by atoms with Crippen molar-refractivity contribution in [2.24, 2.45) is 0 Å². The molecule has 1 aromatic heterocycles. The standard InChI is InChI=1S/C18H27N5O3/c24-15(13-21-7-1-2-8-21)22-9-3-18(4-10-22)14-23(11-12-26-18)17(25)16-19-5-6-20-16/h5-6H,1-4,7-14H2,(H,19,20). The van der Waals surface area contributed by atoms with E-state index in [1.165, 1.54) is 12.8 Å². The molecule has 3 saturated heterocycles. The maximum atomic E-state index is 12.6. The van der Waals surface area contributed by atoms with Gasteiger partial charge in [0.25, 0.3) is 5.91 Å². The van der Waals surface area contributed by atoms with Crippen LogP contribution in [0.25, 0.3) is 0 Å².